The molecule has 1 aliphatic rings. The zero-order valence-corrected chi connectivity index (χ0v) is 8.77. The molecule has 2 rings (SSSR count). The molecule has 78 valence electrons. The summed E-state index contributed by atoms with van der Waals surface area (Å²) in [4.78, 5) is 2.32. The van der Waals surface area contributed by atoms with Crippen molar-refractivity contribution in [1.29, 1.82) is 0 Å². The third-order valence-electron chi connectivity index (χ3n) is 3.02. The SMILES string of the molecule is CN1CCCC1c1cc(CO)n(C)n1. The molecule has 1 aliphatic heterocycles. The van der Waals surface area contributed by atoms with Gasteiger partial charge >= 0.3 is 0 Å². The van der Waals surface area contributed by atoms with Crippen LogP contribution in [0.25, 0.3) is 0 Å². The highest BCUT2D eigenvalue weighted by molar-refractivity contribution is 5.14. The molecule has 1 saturated heterocycles. The maximum absolute atomic E-state index is 9.07. The molecule has 1 N–H and O–H groups in total. The number of hydrogen-bond donors (Lipinski definition) is 1. The predicted octanol–water partition coefficient (Wildman–Crippen LogP) is 0.679. The second kappa shape index (κ2) is 3.71. The van der Waals surface area contributed by atoms with Gasteiger partial charge in [-0.15, -0.1) is 0 Å². The summed E-state index contributed by atoms with van der Waals surface area (Å²) in [6.07, 6.45) is 2.42. The Balaban J connectivity index is 2.23. The van der Waals surface area contributed by atoms with E-state index in [1.54, 1.807) is 4.68 Å². The lowest BCUT2D eigenvalue weighted by Crippen LogP contribution is -2.17. The van der Waals surface area contributed by atoms with E-state index in [0.717, 1.165) is 17.9 Å². The zero-order chi connectivity index (χ0) is 10.1. The number of hydrogen-bond acceptors (Lipinski definition) is 3. The zero-order valence-electron chi connectivity index (χ0n) is 8.77. The quantitative estimate of drug-likeness (QED) is 0.754. The van der Waals surface area contributed by atoms with E-state index in [0.29, 0.717) is 6.04 Å². The van der Waals surface area contributed by atoms with Crippen molar-refractivity contribution in [3.63, 3.8) is 0 Å². The lowest BCUT2D eigenvalue weighted by molar-refractivity contribution is 0.270. The first-order valence-electron chi connectivity index (χ1n) is 5.06. The molecule has 4 heteroatoms. The van der Waals surface area contributed by atoms with Crippen molar-refractivity contribution in [2.24, 2.45) is 7.05 Å². The third-order valence-corrected chi connectivity index (χ3v) is 3.02. The molecule has 1 fully saturated rings. The van der Waals surface area contributed by atoms with Crippen LogP contribution in [0.4, 0.5) is 0 Å². The number of likely N-dealkylation sites (tertiary alicyclic amines) is 1. The van der Waals surface area contributed by atoms with Gasteiger partial charge in [0.2, 0.25) is 0 Å². The Morgan fingerprint density at radius 2 is 2.36 bits per heavy atom. The molecule has 2 heterocycles. The van der Waals surface area contributed by atoms with Gasteiger partial charge in [-0.25, -0.2) is 0 Å². The highest BCUT2D eigenvalue weighted by Crippen LogP contribution is 2.29. The van der Waals surface area contributed by atoms with E-state index >= 15 is 0 Å². The van der Waals surface area contributed by atoms with E-state index in [9.17, 15) is 0 Å². The lowest BCUT2D eigenvalue weighted by Gasteiger charge is -2.16. The Labute approximate surface area is 84.1 Å². The van der Waals surface area contributed by atoms with E-state index in [-0.39, 0.29) is 6.61 Å². The fourth-order valence-corrected chi connectivity index (χ4v) is 2.13. The predicted molar refractivity (Wildman–Crippen MR) is 53.7 cm³/mol. The van der Waals surface area contributed by atoms with Gasteiger partial charge in [-0.2, -0.15) is 5.10 Å². The molecule has 0 aliphatic carbocycles. The summed E-state index contributed by atoms with van der Waals surface area (Å²) in [5.41, 5.74) is 1.98. The number of aliphatic hydroxyl groups excluding tert-OH is 1. The number of rotatable bonds is 2. The molecular formula is C10H17N3O. The third kappa shape index (κ3) is 1.55. The van der Waals surface area contributed by atoms with Crippen molar-refractivity contribution in [3.05, 3.63) is 17.5 Å². The van der Waals surface area contributed by atoms with Gasteiger partial charge in [0.1, 0.15) is 0 Å². The Morgan fingerprint density at radius 3 is 2.86 bits per heavy atom. The molecule has 0 saturated carbocycles. The Bertz CT molecular complexity index is 321. The molecule has 1 aromatic rings. The van der Waals surface area contributed by atoms with Gasteiger partial charge in [-0.1, -0.05) is 0 Å². The summed E-state index contributed by atoms with van der Waals surface area (Å²) >= 11 is 0. The van der Waals surface area contributed by atoms with E-state index in [2.05, 4.69) is 17.0 Å². The largest absolute Gasteiger partial charge is 0.390 e. The van der Waals surface area contributed by atoms with Gasteiger partial charge in [0, 0.05) is 7.05 Å². The molecule has 4 nitrogen and oxygen atoms in total. The minimum atomic E-state index is 0.0694. The first-order valence-corrected chi connectivity index (χ1v) is 5.06. The minimum Gasteiger partial charge on any atom is -0.390 e. The van der Waals surface area contributed by atoms with Gasteiger partial charge in [-0.05, 0) is 32.5 Å². The van der Waals surface area contributed by atoms with Crippen LogP contribution in [0.2, 0.25) is 0 Å². The summed E-state index contributed by atoms with van der Waals surface area (Å²) in [5.74, 6) is 0. The second-order valence-corrected chi connectivity index (χ2v) is 3.98. The molecule has 0 amide bonds. The normalized spacial score (nSPS) is 23.2. The van der Waals surface area contributed by atoms with Crippen LogP contribution < -0.4 is 0 Å². The number of aliphatic hydroxyl groups is 1. The Morgan fingerprint density at radius 1 is 1.57 bits per heavy atom. The van der Waals surface area contributed by atoms with E-state index in [1.807, 2.05) is 13.1 Å². The molecule has 1 unspecified atom stereocenters. The van der Waals surface area contributed by atoms with Crippen molar-refractivity contribution in [2.45, 2.75) is 25.5 Å². The summed E-state index contributed by atoms with van der Waals surface area (Å²) in [5, 5.41) is 13.5. The van der Waals surface area contributed by atoms with Crippen LogP contribution in [0.1, 0.15) is 30.3 Å². The van der Waals surface area contributed by atoms with Gasteiger partial charge in [0.05, 0.1) is 24.0 Å². The van der Waals surface area contributed by atoms with E-state index < -0.39 is 0 Å². The lowest BCUT2D eigenvalue weighted by atomic mass is 10.1. The first kappa shape index (κ1) is 9.68. The fraction of sp³-hybridized carbons (Fsp3) is 0.700. The molecule has 14 heavy (non-hydrogen) atoms. The van der Waals surface area contributed by atoms with Gasteiger partial charge in [-0.3, -0.25) is 9.58 Å². The van der Waals surface area contributed by atoms with Crippen LogP contribution in [-0.4, -0.2) is 33.4 Å². The molecule has 1 aromatic heterocycles. The standard InChI is InChI=1S/C10H17N3O/c1-12-5-3-4-10(12)9-6-8(7-14)13(2)11-9/h6,10,14H,3-5,7H2,1-2H3. The second-order valence-electron chi connectivity index (χ2n) is 3.98. The molecular weight excluding hydrogens is 178 g/mol. The number of aromatic nitrogens is 2. The summed E-state index contributed by atoms with van der Waals surface area (Å²) in [6, 6.07) is 2.45. The highest BCUT2D eigenvalue weighted by Gasteiger charge is 2.25. The molecule has 0 aromatic carbocycles. The van der Waals surface area contributed by atoms with Gasteiger partial charge < -0.3 is 5.11 Å². The minimum absolute atomic E-state index is 0.0694. The highest BCUT2D eigenvalue weighted by atomic mass is 16.3. The average molecular weight is 195 g/mol. The Kier molecular flexibility index (Phi) is 2.56. The maximum atomic E-state index is 9.07. The van der Waals surface area contributed by atoms with Crippen LogP contribution in [-0.2, 0) is 13.7 Å². The molecule has 1 atom stereocenters. The van der Waals surface area contributed by atoms with Crippen molar-refractivity contribution >= 4 is 0 Å². The van der Waals surface area contributed by atoms with Crippen molar-refractivity contribution in [3.8, 4) is 0 Å². The van der Waals surface area contributed by atoms with Crippen LogP contribution in [0.5, 0.6) is 0 Å². The van der Waals surface area contributed by atoms with E-state index in [1.165, 1.54) is 12.8 Å². The molecule has 0 spiro atoms. The van der Waals surface area contributed by atoms with Crippen molar-refractivity contribution in [1.82, 2.24) is 14.7 Å². The summed E-state index contributed by atoms with van der Waals surface area (Å²) < 4.78 is 1.77. The van der Waals surface area contributed by atoms with Crippen LogP contribution in [0, 0.1) is 0 Å². The maximum Gasteiger partial charge on any atom is 0.0849 e. The summed E-state index contributed by atoms with van der Waals surface area (Å²) in [6.45, 7) is 1.22. The van der Waals surface area contributed by atoms with Crippen molar-refractivity contribution < 1.29 is 5.11 Å². The van der Waals surface area contributed by atoms with Gasteiger partial charge in [0.15, 0.2) is 0 Å². The number of nitrogens with zero attached hydrogens (tertiary/aromatic N) is 3. The first-order chi connectivity index (χ1) is 6.72. The van der Waals surface area contributed by atoms with Crippen molar-refractivity contribution in [2.75, 3.05) is 13.6 Å². The van der Waals surface area contributed by atoms with Crippen LogP contribution >= 0.6 is 0 Å². The Hall–Kier alpha value is -0.870. The average Bonchev–Trinajstić information content (AvgIpc) is 2.71. The number of aryl methyl sites for hydroxylation is 1. The van der Waals surface area contributed by atoms with Crippen LogP contribution in [0.15, 0.2) is 6.07 Å². The molecule has 0 radical (unpaired) electrons. The monoisotopic (exact) mass is 195 g/mol. The fourth-order valence-electron chi connectivity index (χ4n) is 2.13. The summed E-state index contributed by atoms with van der Waals surface area (Å²) in [7, 11) is 4.01. The smallest absolute Gasteiger partial charge is 0.0849 e. The molecule has 0 bridgehead atoms. The van der Waals surface area contributed by atoms with E-state index in [4.69, 9.17) is 5.11 Å². The van der Waals surface area contributed by atoms with Gasteiger partial charge in [0.25, 0.3) is 0 Å². The topological polar surface area (TPSA) is 41.3 Å². The van der Waals surface area contributed by atoms with Crippen LogP contribution in [0.3, 0.4) is 0 Å².